The molecular weight excluding hydrogens is 245 g/mol. The first kappa shape index (κ1) is 11.6. The maximum Gasteiger partial charge on any atom is 0 e. The smallest absolute Gasteiger partial charge is 0 e. The fourth-order valence-corrected chi connectivity index (χ4v) is 4.16. The molecule has 0 heterocycles. The minimum Gasteiger partial charge on any atom is -0.325 e. The second kappa shape index (κ2) is 4.96. The van der Waals surface area contributed by atoms with Gasteiger partial charge < -0.3 is 6.42 Å². The molecule has 0 nitrogen and oxygen atoms in total. The molecule has 0 saturated heterocycles. The van der Waals surface area contributed by atoms with Crippen LogP contribution < -0.4 is 0 Å². The van der Waals surface area contributed by atoms with Crippen molar-refractivity contribution in [2.24, 2.45) is 23.7 Å². The monoisotopic (exact) mass is 266 g/mol. The summed E-state index contributed by atoms with van der Waals surface area (Å²) >= 11 is 0. The molecule has 0 bridgehead atoms. The molecule has 0 aromatic heterocycles. The quantitative estimate of drug-likeness (QED) is 0.585. The van der Waals surface area contributed by atoms with Gasteiger partial charge in [0.1, 0.15) is 0 Å². The second-order valence-electron chi connectivity index (χ2n) is 5.51. The van der Waals surface area contributed by atoms with E-state index in [1.807, 2.05) is 0 Å². The molecule has 1 heteroatoms. The van der Waals surface area contributed by atoms with Gasteiger partial charge in [-0.05, 0) is 18.3 Å². The van der Waals surface area contributed by atoms with Gasteiger partial charge in [-0.15, -0.1) is 0 Å². The molecule has 0 spiro atoms. The molecule has 0 N–H and O–H groups in total. The van der Waals surface area contributed by atoms with E-state index in [0.29, 0.717) is 0 Å². The van der Waals surface area contributed by atoms with Crippen molar-refractivity contribution in [2.45, 2.75) is 51.4 Å². The van der Waals surface area contributed by atoms with Crippen LogP contribution in [0.2, 0.25) is 0 Å². The van der Waals surface area contributed by atoms with E-state index in [0.717, 1.165) is 23.7 Å². The summed E-state index contributed by atoms with van der Waals surface area (Å²) in [5, 5.41) is 0. The van der Waals surface area contributed by atoms with E-state index in [9.17, 15) is 0 Å². The fourth-order valence-electron chi connectivity index (χ4n) is 4.16. The van der Waals surface area contributed by atoms with E-state index in [1.165, 1.54) is 25.7 Å². The van der Waals surface area contributed by atoms with Crippen molar-refractivity contribution in [3.05, 3.63) is 6.42 Å². The largest absolute Gasteiger partial charge is 0.325 e. The normalized spacial score (nSPS) is 46.3. The average Bonchev–Trinajstić information content (AvgIpc) is 2.61. The summed E-state index contributed by atoms with van der Waals surface area (Å²) in [5.41, 5.74) is 0. The Labute approximate surface area is 113 Å². The van der Waals surface area contributed by atoms with Gasteiger partial charge in [0, 0.05) is 32.7 Å². The van der Waals surface area contributed by atoms with E-state index in [2.05, 4.69) is 6.42 Å². The van der Waals surface area contributed by atoms with E-state index < -0.39 is 0 Å². The summed E-state index contributed by atoms with van der Waals surface area (Å²) in [6, 6.07) is 0. The zero-order chi connectivity index (χ0) is 8.67. The summed E-state index contributed by atoms with van der Waals surface area (Å²) in [6.07, 6.45) is 14.9. The van der Waals surface area contributed by atoms with Crippen molar-refractivity contribution < 1.29 is 32.7 Å². The molecular formula is C13H21Y-. The Bertz CT molecular complexity index is 170. The summed E-state index contributed by atoms with van der Waals surface area (Å²) < 4.78 is 0. The molecule has 4 atom stereocenters. The van der Waals surface area contributed by atoms with E-state index in [-0.39, 0.29) is 32.7 Å². The Kier molecular flexibility index (Phi) is 4.10. The van der Waals surface area contributed by atoms with Crippen LogP contribution >= 0.6 is 0 Å². The molecule has 0 amide bonds. The third-order valence-corrected chi connectivity index (χ3v) is 4.86. The Morgan fingerprint density at radius 1 is 0.786 bits per heavy atom. The summed E-state index contributed by atoms with van der Waals surface area (Å²) in [7, 11) is 0. The van der Waals surface area contributed by atoms with Crippen LogP contribution in [0.5, 0.6) is 0 Å². The molecule has 3 rings (SSSR count). The fraction of sp³-hybridized carbons (Fsp3) is 0.923. The van der Waals surface area contributed by atoms with E-state index >= 15 is 0 Å². The Hall–Kier alpha value is 1.10. The van der Waals surface area contributed by atoms with Gasteiger partial charge in [0.15, 0.2) is 0 Å². The van der Waals surface area contributed by atoms with Crippen molar-refractivity contribution in [3.8, 4) is 0 Å². The maximum absolute atomic E-state index is 2.63. The third kappa shape index (κ3) is 2.12. The molecule has 1 radical (unpaired) electrons. The van der Waals surface area contributed by atoms with E-state index in [1.54, 1.807) is 25.7 Å². The molecule has 3 aliphatic rings. The summed E-state index contributed by atoms with van der Waals surface area (Å²) in [4.78, 5) is 0. The first-order valence-electron chi connectivity index (χ1n) is 6.27. The van der Waals surface area contributed by atoms with Gasteiger partial charge in [-0.1, -0.05) is 44.4 Å². The van der Waals surface area contributed by atoms with Crippen molar-refractivity contribution >= 4 is 0 Å². The molecule has 0 aromatic carbocycles. The van der Waals surface area contributed by atoms with Crippen LogP contribution in [0.15, 0.2) is 0 Å². The molecule has 14 heavy (non-hydrogen) atoms. The Balaban J connectivity index is 0.000000750. The summed E-state index contributed by atoms with van der Waals surface area (Å²) in [6.45, 7) is 0. The van der Waals surface area contributed by atoms with Gasteiger partial charge in [0.25, 0.3) is 0 Å². The van der Waals surface area contributed by atoms with Crippen LogP contribution in [-0.4, -0.2) is 0 Å². The molecule has 3 aliphatic carbocycles. The first-order chi connectivity index (χ1) is 6.43. The van der Waals surface area contributed by atoms with Crippen LogP contribution in [0.4, 0.5) is 0 Å². The Morgan fingerprint density at radius 3 is 2.29 bits per heavy atom. The standard InChI is InChI=1S/C13H21.Y/c1-2-5-11-9-13-7-3-6-12(13)8-10(11)4-1;/h6,10-13H,1-5,7-9H2;/q-1;. The molecule has 3 saturated carbocycles. The van der Waals surface area contributed by atoms with Gasteiger partial charge in [-0.25, -0.2) is 0 Å². The number of hydrogen-bond acceptors (Lipinski definition) is 0. The van der Waals surface area contributed by atoms with Gasteiger partial charge in [0.05, 0.1) is 0 Å². The molecule has 0 aromatic rings. The predicted octanol–water partition coefficient (Wildman–Crippen LogP) is 3.81. The van der Waals surface area contributed by atoms with Gasteiger partial charge >= 0.3 is 0 Å². The second-order valence-corrected chi connectivity index (χ2v) is 5.51. The summed E-state index contributed by atoms with van der Waals surface area (Å²) in [5.74, 6) is 4.42. The predicted molar refractivity (Wildman–Crippen MR) is 55.2 cm³/mol. The molecule has 0 aliphatic heterocycles. The third-order valence-electron chi connectivity index (χ3n) is 4.86. The van der Waals surface area contributed by atoms with Crippen molar-refractivity contribution in [1.29, 1.82) is 0 Å². The average molecular weight is 266 g/mol. The number of fused-ring (bicyclic) bond motifs is 2. The van der Waals surface area contributed by atoms with E-state index in [4.69, 9.17) is 0 Å². The zero-order valence-corrected chi connectivity index (χ0v) is 12.0. The van der Waals surface area contributed by atoms with Crippen LogP contribution in [0.1, 0.15) is 51.4 Å². The number of hydrogen-bond donors (Lipinski definition) is 0. The molecule has 3 fully saturated rings. The van der Waals surface area contributed by atoms with Crippen molar-refractivity contribution in [1.82, 2.24) is 0 Å². The van der Waals surface area contributed by atoms with Crippen LogP contribution in [0.25, 0.3) is 0 Å². The minimum absolute atomic E-state index is 0. The van der Waals surface area contributed by atoms with Crippen LogP contribution in [0.3, 0.4) is 0 Å². The SMILES string of the molecule is [CH-]1CCC2CC3CCCCC3CC12.[Y]. The van der Waals surface area contributed by atoms with Crippen molar-refractivity contribution in [3.63, 3.8) is 0 Å². The maximum atomic E-state index is 2.63. The van der Waals surface area contributed by atoms with Crippen molar-refractivity contribution in [2.75, 3.05) is 0 Å². The first-order valence-corrected chi connectivity index (χ1v) is 6.27. The molecule has 4 unspecified atom stereocenters. The zero-order valence-electron chi connectivity index (χ0n) is 9.12. The van der Waals surface area contributed by atoms with Gasteiger partial charge in [-0.3, -0.25) is 0 Å². The van der Waals surface area contributed by atoms with Crippen LogP contribution in [0, 0.1) is 30.1 Å². The minimum atomic E-state index is 0. The van der Waals surface area contributed by atoms with Crippen LogP contribution in [-0.2, 0) is 32.7 Å². The number of rotatable bonds is 0. The topological polar surface area (TPSA) is 0 Å². The van der Waals surface area contributed by atoms with Gasteiger partial charge in [0.2, 0.25) is 0 Å². The Morgan fingerprint density at radius 2 is 1.50 bits per heavy atom. The molecule has 77 valence electrons. The van der Waals surface area contributed by atoms with Gasteiger partial charge in [-0.2, -0.15) is 12.3 Å².